The van der Waals surface area contributed by atoms with Gasteiger partial charge in [0.25, 0.3) is 0 Å². The van der Waals surface area contributed by atoms with Gasteiger partial charge in [-0.3, -0.25) is 9.48 Å². The molecule has 0 spiro atoms. The summed E-state index contributed by atoms with van der Waals surface area (Å²) in [5, 5.41) is 17.4. The Labute approximate surface area is 185 Å². The van der Waals surface area contributed by atoms with Gasteiger partial charge in [-0.1, -0.05) is 35.0 Å². The minimum absolute atomic E-state index is 0.0336. The minimum atomic E-state index is -0.951. The van der Waals surface area contributed by atoms with Gasteiger partial charge in [-0.25, -0.2) is 4.79 Å². The molecule has 1 heterocycles. The molecule has 0 saturated carbocycles. The zero-order valence-corrected chi connectivity index (χ0v) is 18.6. The molecule has 2 aromatic carbocycles. The van der Waals surface area contributed by atoms with Gasteiger partial charge in [0.2, 0.25) is 0 Å². The van der Waals surface area contributed by atoms with Gasteiger partial charge in [0, 0.05) is 11.4 Å². The van der Waals surface area contributed by atoms with Gasteiger partial charge >= 0.3 is 11.9 Å². The SMILES string of the molecule is Cc1ccc(CCn2cc(COC(=O)c3ccc(SC(C)(C)C(=O)O)cc3)nn2)cc1. The summed E-state index contributed by atoms with van der Waals surface area (Å²) in [6.07, 6.45) is 2.61. The standard InChI is InChI=1S/C23H25N3O4S/c1-16-4-6-17(7-5-16)12-13-26-14-19(24-25-26)15-30-21(27)18-8-10-20(11-9-18)31-23(2,3)22(28)29/h4-11,14H,12-13,15H2,1-3H3,(H,28,29). The van der Waals surface area contributed by atoms with Crippen LogP contribution in [0.5, 0.6) is 0 Å². The van der Waals surface area contributed by atoms with Crippen LogP contribution in [-0.4, -0.2) is 36.8 Å². The number of thioether (sulfide) groups is 1. The molecule has 0 bridgehead atoms. The second-order valence-electron chi connectivity index (χ2n) is 7.73. The van der Waals surface area contributed by atoms with Crippen LogP contribution in [0.15, 0.2) is 59.6 Å². The number of carboxylic acids is 1. The lowest BCUT2D eigenvalue weighted by atomic mass is 10.1. The van der Waals surface area contributed by atoms with Crippen molar-refractivity contribution < 1.29 is 19.4 Å². The van der Waals surface area contributed by atoms with Gasteiger partial charge in [-0.05, 0) is 57.0 Å². The molecular formula is C23H25N3O4S. The molecule has 1 N–H and O–H groups in total. The third-order valence-corrected chi connectivity index (χ3v) is 5.86. The van der Waals surface area contributed by atoms with E-state index in [1.165, 1.54) is 22.9 Å². The Hall–Kier alpha value is -3.13. The quantitative estimate of drug-likeness (QED) is 0.395. The van der Waals surface area contributed by atoms with Crippen molar-refractivity contribution in [2.24, 2.45) is 0 Å². The lowest BCUT2D eigenvalue weighted by molar-refractivity contribution is -0.138. The first-order chi connectivity index (χ1) is 14.7. The first kappa shape index (κ1) is 22.6. The summed E-state index contributed by atoms with van der Waals surface area (Å²) >= 11 is 1.22. The highest BCUT2D eigenvalue weighted by Crippen LogP contribution is 2.32. The maximum atomic E-state index is 12.3. The van der Waals surface area contributed by atoms with Crippen molar-refractivity contribution in [1.29, 1.82) is 0 Å². The maximum Gasteiger partial charge on any atom is 0.338 e. The van der Waals surface area contributed by atoms with Gasteiger partial charge in [0.05, 0.1) is 11.8 Å². The Bertz CT molecular complexity index is 1040. The van der Waals surface area contributed by atoms with E-state index in [9.17, 15) is 14.7 Å². The molecule has 3 aromatic rings. The van der Waals surface area contributed by atoms with Crippen LogP contribution >= 0.6 is 11.8 Å². The normalized spacial score (nSPS) is 11.3. The van der Waals surface area contributed by atoms with Gasteiger partial charge < -0.3 is 9.84 Å². The van der Waals surface area contributed by atoms with Crippen molar-refractivity contribution in [3.05, 3.63) is 77.1 Å². The number of benzene rings is 2. The monoisotopic (exact) mass is 439 g/mol. The first-order valence-corrected chi connectivity index (χ1v) is 10.7. The number of ether oxygens (including phenoxy) is 1. The molecule has 0 aliphatic carbocycles. The Morgan fingerprint density at radius 2 is 1.77 bits per heavy atom. The van der Waals surface area contributed by atoms with E-state index in [0.29, 0.717) is 17.8 Å². The number of aliphatic carboxylic acids is 1. The molecule has 0 radical (unpaired) electrons. The number of aryl methyl sites for hydroxylation is 3. The molecule has 31 heavy (non-hydrogen) atoms. The van der Waals surface area contributed by atoms with E-state index in [0.717, 1.165) is 11.3 Å². The molecule has 1 aromatic heterocycles. The van der Waals surface area contributed by atoms with E-state index < -0.39 is 16.7 Å². The van der Waals surface area contributed by atoms with E-state index in [2.05, 4.69) is 41.5 Å². The molecule has 7 nitrogen and oxygen atoms in total. The fraction of sp³-hybridized carbons (Fsp3) is 0.304. The summed E-state index contributed by atoms with van der Waals surface area (Å²) in [7, 11) is 0. The summed E-state index contributed by atoms with van der Waals surface area (Å²) in [6.45, 7) is 6.05. The molecule has 8 heteroatoms. The van der Waals surface area contributed by atoms with Crippen molar-refractivity contribution in [3.63, 3.8) is 0 Å². The number of hydrogen-bond donors (Lipinski definition) is 1. The largest absolute Gasteiger partial charge is 0.480 e. The minimum Gasteiger partial charge on any atom is -0.480 e. The molecule has 0 atom stereocenters. The van der Waals surface area contributed by atoms with Crippen LogP contribution < -0.4 is 0 Å². The van der Waals surface area contributed by atoms with Gasteiger partial charge in [0.15, 0.2) is 0 Å². The summed E-state index contributed by atoms with van der Waals surface area (Å²) in [6, 6.07) is 15.0. The van der Waals surface area contributed by atoms with Crippen LogP contribution in [0.3, 0.4) is 0 Å². The van der Waals surface area contributed by atoms with E-state index in [1.807, 2.05) is 0 Å². The zero-order valence-electron chi connectivity index (χ0n) is 17.7. The van der Waals surface area contributed by atoms with Gasteiger partial charge in [-0.2, -0.15) is 0 Å². The topological polar surface area (TPSA) is 94.3 Å². The molecule has 0 aliphatic rings. The molecule has 0 saturated heterocycles. The van der Waals surface area contributed by atoms with Crippen LogP contribution in [0.25, 0.3) is 0 Å². The fourth-order valence-electron chi connectivity index (χ4n) is 2.73. The Kier molecular flexibility index (Phi) is 7.12. The number of carbonyl (C=O) groups is 2. The number of aromatic nitrogens is 3. The molecule has 3 rings (SSSR count). The third kappa shape index (κ3) is 6.42. The van der Waals surface area contributed by atoms with Crippen LogP contribution in [0, 0.1) is 6.92 Å². The third-order valence-electron chi connectivity index (χ3n) is 4.67. The summed E-state index contributed by atoms with van der Waals surface area (Å²) in [5.74, 6) is -1.36. The van der Waals surface area contributed by atoms with Crippen molar-refractivity contribution in [2.75, 3.05) is 0 Å². The summed E-state index contributed by atoms with van der Waals surface area (Å²) in [5.41, 5.74) is 3.42. The zero-order chi connectivity index (χ0) is 22.4. The average Bonchev–Trinajstić information content (AvgIpc) is 3.19. The highest BCUT2D eigenvalue weighted by Gasteiger charge is 2.28. The predicted molar refractivity (Wildman–Crippen MR) is 118 cm³/mol. The van der Waals surface area contributed by atoms with Crippen LogP contribution in [-0.2, 0) is 29.1 Å². The number of carboxylic acid groups (broad SMARTS) is 1. The van der Waals surface area contributed by atoms with Crippen molar-refractivity contribution in [3.8, 4) is 0 Å². The highest BCUT2D eigenvalue weighted by atomic mass is 32.2. The molecule has 162 valence electrons. The Morgan fingerprint density at radius 1 is 1.10 bits per heavy atom. The van der Waals surface area contributed by atoms with Crippen LogP contribution in [0.2, 0.25) is 0 Å². The van der Waals surface area contributed by atoms with Crippen LogP contribution in [0.1, 0.15) is 41.0 Å². The number of nitrogens with zero attached hydrogens (tertiary/aromatic N) is 3. The molecule has 0 fully saturated rings. The van der Waals surface area contributed by atoms with Crippen molar-refractivity contribution in [1.82, 2.24) is 15.0 Å². The average molecular weight is 440 g/mol. The van der Waals surface area contributed by atoms with Gasteiger partial charge in [0.1, 0.15) is 17.0 Å². The summed E-state index contributed by atoms with van der Waals surface area (Å²) < 4.78 is 6.11. The lowest BCUT2D eigenvalue weighted by Crippen LogP contribution is -2.26. The summed E-state index contributed by atoms with van der Waals surface area (Å²) in [4.78, 5) is 24.3. The highest BCUT2D eigenvalue weighted by molar-refractivity contribution is 8.01. The lowest BCUT2D eigenvalue weighted by Gasteiger charge is -2.18. The van der Waals surface area contributed by atoms with Crippen LogP contribution in [0.4, 0.5) is 0 Å². The second-order valence-corrected chi connectivity index (χ2v) is 9.42. The number of esters is 1. The fourth-order valence-corrected chi connectivity index (χ4v) is 3.68. The molecule has 0 unspecified atom stereocenters. The maximum absolute atomic E-state index is 12.3. The smallest absolute Gasteiger partial charge is 0.338 e. The number of carbonyl (C=O) groups excluding carboxylic acids is 1. The number of rotatable bonds is 9. The van der Waals surface area contributed by atoms with E-state index in [4.69, 9.17) is 4.74 Å². The van der Waals surface area contributed by atoms with Crippen molar-refractivity contribution in [2.45, 2.75) is 50.0 Å². The van der Waals surface area contributed by atoms with E-state index in [-0.39, 0.29) is 6.61 Å². The molecule has 0 amide bonds. The van der Waals surface area contributed by atoms with E-state index >= 15 is 0 Å². The van der Waals surface area contributed by atoms with Gasteiger partial charge in [-0.15, -0.1) is 16.9 Å². The van der Waals surface area contributed by atoms with E-state index in [1.54, 1.807) is 49.0 Å². The molecule has 0 aliphatic heterocycles. The molecular weight excluding hydrogens is 414 g/mol. The Balaban J connectivity index is 1.49. The number of hydrogen-bond acceptors (Lipinski definition) is 6. The Morgan fingerprint density at radius 3 is 2.42 bits per heavy atom. The predicted octanol–water partition coefficient (Wildman–Crippen LogP) is 4.14. The second kappa shape index (κ2) is 9.78. The van der Waals surface area contributed by atoms with Crippen molar-refractivity contribution >= 4 is 23.7 Å². The first-order valence-electron chi connectivity index (χ1n) is 9.87.